The van der Waals surface area contributed by atoms with Gasteiger partial charge in [-0.3, -0.25) is 24.4 Å². The van der Waals surface area contributed by atoms with Gasteiger partial charge >= 0.3 is 5.97 Å². The highest BCUT2D eigenvalue weighted by atomic mass is 16.5. The van der Waals surface area contributed by atoms with Gasteiger partial charge in [-0.25, -0.2) is 4.90 Å². The first kappa shape index (κ1) is 18.4. The average Bonchev–Trinajstić information content (AvgIpc) is 3.36. The number of benzene rings is 1. The second-order valence-corrected chi connectivity index (χ2v) is 7.24. The van der Waals surface area contributed by atoms with Crippen LogP contribution in [0.3, 0.4) is 0 Å². The van der Waals surface area contributed by atoms with Gasteiger partial charge < -0.3 is 4.74 Å². The molecule has 0 unspecified atom stereocenters. The number of ether oxygens (including phenoxy) is 1. The largest absolute Gasteiger partial charge is 0.468 e. The highest BCUT2D eigenvalue weighted by Gasteiger charge is 2.68. The van der Waals surface area contributed by atoms with Crippen LogP contribution in [0.4, 0.5) is 5.69 Å². The number of imide groups is 1. The zero-order valence-electron chi connectivity index (χ0n) is 16.0. The van der Waals surface area contributed by atoms with E-state index < -0.39 is 29.4 Å². The summed E-state index contributed by atoms with van der Waals surface area (Å²) < 4.78 is 6.68. The summed E-state index contributed by atoms with van der Waals surface area (Å²) in [6.07, 6.45) is 3.76. The molecular formula is C20H22N4O4. The third kappa shape index (κ3) is 2.41. The fourth-order valence-electron chi connectivity index (χ4n) is 4.56. The number of esters is 1. The van der Waals surface area contributed by atoms with Gasteiger partial charge in [0.2, 0.25) is 11.8 Å². The number of para-hydroxylation sites is 1. The van der Waals surface area contributed by atoms with Crippen LogP contribution in [0.1, 0.15) is 24.9 Å². The molecule has 0 aliphatic carbocycles. The van der Waals surface area contributed by atoms with Crippen molar-refractivity contribution in [1.82, 2.24) is 15.1 Å². The van der Waals surface area contributed by atoms with Gasteiger partial charge in [-0.15, -0.1) is 0 Å². The van der Waals surface area contributed by atoms with Crippen LogP contribution in [0.5, 0.6) is 0 Å². The van der Waals surface area contributed by atoms with Gasteiger partial charge in [-0.1, -0.05) is 25.1 Å². The molecular weight excluding hydrogens is 360 g/mol. The fourth-order valence-corrected chi connectivity index (χ4v) is 4.56. The molecule has 4 atom stereocenters. The first-order chi connectivity index (χ1) is 13.4. The Labute approximate surface area is 162 Å². The average molecular weight is 382 g/mol. The summed E-state index contributed by atoms with van der Waals surface area (Å²) in [5, 5.41) is 7.46. The van der Waals surface area contributed by atoms with Gasteiger partial charge in [0.1, 0.15) is 5.54 Å². The van der Waals surface area contributed by atoms with Crippen LogP contribution in [0.25, 0.3) is 0 Å². The Morgan fingerprint density at radius 3 is 2.54 bits per heavy atom. The fraction of sp³-hybridized carbons (Fsp3) is 0.400. The van der Waals surface area contributed by atoms with E-state index >= 15 is 0 Å². The Morgan fingerprint density at radius 1 is 1.25 bits per heavy atom. The van der Waals surface area contributed by atoms with Gasteiger partial charge in [0, 0.05) is 24.8 Å². The molecule has 2 fully saturated rings. The number of aryl methyl sites for hydroxylation is 1. The van der Waals surface area contributed by atoms with Gasteiger partial charge in [0.05, 0.1) is 30.8 Å². The second kappa shape index (κ2) is 6.56. The second-order valence-electron chi connectivity index (χ2n) is 7.24. The highest BCUT2D eigenvalue weighted by Crippen LogP contribution is 2.51. The van der Waals surface area contributed by atoms with E-state index in [9.17, 15) is 14.4 Å². The molecule has 4 rings (SSSR count). The molecule has 0 bridgehead atoms. The first-order valence-electron chi connectivity index (χ1n) is 9.22. The lowest BCUT2D eigenvalue weighted by molar-refractivity contribution is -0.152. The molecule has 3 heterocycles. The van der Waals surface area contributed by atoms with E-state index in [0.29, 0.717) is 12.1 Å². The van der Waals surface area contributed by atoms with E-state index in [1.165, 1.54) is 12.0 Å². The predicted molar refractivity (Wildman–Crippen MR) is 100 cm³/mol. The van der Waals surface area contributed by atoms with E-state index in [1.807, 2.05) is 13.0 Å². The number of fused-ring (bicyclic) bond motifs is 1. The third-order valence-corrected chi connectivity index (χ3v) is 5.86. The molecule has 1 aromatic carbocycles. The minimum Gasteiger partial charge on any atom is -0.468 e. The third-order valence-electron chi connectivity index (χ3n) is 5.86. The summed E-state index contributed by atoms with van der Waals surface area (Å²) in [5.41, 5.74) is -0.00424. The van der Waals surface area contributed by atoms with Gasteiger partial charge in [0.15, 0.2) is 0 Å². The minimum absolute atomic E-state index is 0.318. The maximum absolute atomic E-state index is 13.4. The number of aromatic nitrogens is 2. The lowest BCUT2D eigenvalue weighted by Gasteiger charge is -2.31. The van der Waals surface area contributed by atoms with Crippen molar-refractivity contribution >= 4 is 23.5 Å². The monoisotopic (exact) mass is 382 g/mol. The number of nitrogens with zero attached hydrogens (tertiary/aromatic N) is 3. The van der Waals surface area contributed by atoms with E-state index in [-0.39, 0.29) is 11.8 Å². The Bertz CT molecular complexity index is 941. The lowest BCUT2D eigenvalue weighted by Crippen LogP contribution is -2.55. The smallest absolute Gasteiger partial charge is 0.326 e. The number of methoxy groups -OCH3 is 1. The van der Waals surface area contributed by atoms with E-state index in [2.05, 4.69) is 10.4 Å². The van der Waals surface area contributed by atoms with Crippen molar-refractivity contribution in [3.63, 3.8) is 0 Å². The van der Waals surface area contributed by atoms with Crippen molar-refractivity contribution < 1.29 is 19.1 Å². The molecule has 28 heavy (non-hydrogen) atoms. The number of hydrogen-bond donors (Lipinski definition) is 1. The molecule has 2 amide bonds. The van der Waals surface area contributed by atoms with Crippen molar-refractivity contribution in [2.75, 3.05) is 12.0 Å². The van der Waals surface area contributed by atoms with Crippen LogP contribution >= 0.6 is 0 Å². The molecule has 2 aliphatic heterocycles. The number of rotatable bonds is 4. The summed E-state index contributed by atoms with van der Waals surface area (Å²) in [7, 11) is 3.07. The molecule has 1 aromatic heterocycles. The molecule has 1 N–H and O–H groups in total. The SMILES string of the molecule is CC[C@]1(C(=O)OC)N[C@@H](c2cnn(C)c2)[C@H]2C(=O)N(c3ccccc3)C(=O)[C@H]21. The lowest BCUT2D eigenvalue weighted by atomic mass is 9.78. The maximum Gasteiger partial charge on any atom is 0.326 e. The van der Waals surface area contributed by atoms with E-state index in [4.69, 9.17) is 4.74 Å². The predicted octanol–water partition coefficient (Wildman–Crippen LogP) is 1.19. The van der Waals surface area contributed by atoms with Gasteiger partial charge in [-0.2, -0.15) is 5.10 Å². The summed E-state index contributed by atoms with van der Waals surface area (Å²) in [6, 6.07) is 8.29. The van der Waals surface area contributed by atoms with Crippen molar-refractivity contribution in [2.45, 2.75) is 24.9 Å². The van der Waals surface area contributed by atoms with Crippen LogP contribution < -0.4 is 10.2 Å². The van der Waals surface area contributed by atoms with Crippen LogP contribution in [-0.4, -0.2) is 40.2 Å². The Morgan fingerprint density at radius 2 is 1.96 bits per heavy atom. The minimum atomic E-state index is -1.27. The summed E-state index contributed by atoms with van der Waals surface area (Å²) in [6.45, 7) is 1.82. The molecule has 146 valence electrons. The molecule has 0 spiro atoms. The van der Waals surface area contributed by atoms with Crippen LogP contribution in [0.15, 0.2) is 42.7 Å². The molecule has 2 aromatic rings. The number of carbonyl (C=O) groups is 3. The molecule has 0 saturated carbocycles. The normalized spacial score (nSPS) is 29.2. The van der Waals surface area contributed by atoms with Crippen LogP contribution in [-0.2, 0) is 26.2 Å². The maximum atomic E-state index is 13.4. The standard InChI is InChI=1S/C20H22N4O4/c1-4-20(19(27)28-3)15-14(16(22-20)12-10-21-23(2)11-12)17(25)24(18(15)26)13-8-6-5-7-9-13/h5-11,14-16,22H,4H2,1-3H3/t14-,15-,16-,20-/m0/s1. The molecule has 2 aliphatic rings. The Hall–Kier alpha value is -3.00. The number of carbonyl (C=O) groups excluding carboxylic acids is 3. The molecule has 2 saturated heterocycles. The van der Waals surface area contributed by atoms with E-state index in [0.717, 1.165) is 5.56 Å². The van der Waals surface area contributed by atoms with Crippen LogP contribution in [0.2, 0.25) is 0 Å². The van der Waals surface area contributed by atoms with Crippen molar-refractivity contribution in [1.29, 1.82) is 0 Å². The van der Waals surface area contributed by atoms with Crippen molar-refractivity contribution in [2.24, 2.45) is 18.9 Å². The number of hydrogen-bond acceptors (Lipinski definition) is 6. The van der Waals surface area contributed by atoms with Crippen molar-refractivity contribution in [3.8, 4) is 0 Å². The van der Waals surface area contributed by atoms with Crippen molar-refractivity contribution in [3.05, 3.63) is 48.3 Å². The Balaban J connectivity index is 1.85. The number of nitrogens with one attached hydrogen (secondary N) is 1. The summed E-state index contributed by atoms with van der Waals surface area (Å²) in [4.78, 5) is 40.8. The highest BCUT2D eigenvalue weighted by molar-refractivity contribution is 6.24. The zero-order valence-corrected chi connectivity index (χ0v) is 16.0. The zero-order chi connectivity index (χ0) is 20.1. The van der Waals surface area contributed by atoms with E-state index in [1.54, 1.807) is 48.4 Å². The molecule has 0 radical (unpaired) electrons. The topological polar surface area (TPSA) is 93.5 Å². The Kier molecular flexibility index (Phi) is 4.30. The van der Waals surface area contributed by atoms with Gasteiger partial charge in [-0.05, 0) is 18.6 Å². The summed E-state index contributed by atoms with van der Waals surface area (Å²) >= 11 is 0. The summed E-state index contributed by atoms with van der Waals surface area (Å²) in [5.74, 6) is -2.79. The van der Waals surface area contributed by atoms with Crippen LogP contribution in [0, 0.1) is 11.8 Å². The quantitative estimate of drug-likeness (QED) is 0.631. The molecule has 8 heteroatoms. The first-order valence-corrected chi connectivity index (χ1v) is 9.22. The number of amides is 2. The molecule has 8 nitrogen and oxygen atoms in total. The van der Waals surface area contributed by atoms with Gasteiger partial charge in [0.25, 0.3) is 0 Å². The number of anilines is 1.